The quantitative estimate of drug-likeness (QED) is 0.615. The molecule has 2 amide bonds. The number of carbonyl (C=O) groups is 2. The number of rotatable bonds is 3. The minimum absolute atomic E-state index is 0.0161. The summed E-state index contributed by atoms with van der Waals surface area (Å²) in [7, 11) is 0. The fraction of sp³-hybridized carbons (Fsp3) is 0.536. The number of amides is 2. The Morgan fingerprint density at radius 2 is 1.76 bits per heavy atom. The smallest absolute Gasteiger partial charge is 0.410 e. The topological polar surface area (TPSA) is 90.4 Å². The second kappa shape index (κ2) is 10.7. The number of piperidine rings is 1. The summed E-state index contributed by atoms with van der Waals surface area (Å²) >= 11 is 0. The SMILES string of the molecule is CC(C)(C)OC(=O)N1CCC(C2OCc3cc(-c4ccc(C(=O)N5CCOCC5)cn4)ccc3O2)CC1. The van der Waals surface area contributed by atoms with Crippen molar-refractivity contribution in [2.45, 2.75) is 52.1 Å². The summed E-state index contributed by atoms with van der Waals surface area (Å²) in [6.07, 6.45) is 2.65. The van der Waals surface area contributed by atoms with Crippen LogP contribution in [0, 0.1) is 5.92 Å². The average Bonchev–Trinajstić information content (AvgIpc) is 2.92. The van der Waals surface area contributed by atoms with E-state index in [2.05, 4.69) is 4.98 Å². The number of hydrogen-bond acceptors (Lipinski definition) is 7. The van der Waals surface area contributed by atoms with Gasteiger partial charge in [-0.3, -0.25) is 9.78 Å². The molecule has 0 saturated carbocycles. The molecule has 4 heterocycles. The Labute approximate surface area is 217 Å². The van der Waals surface area contributed by atoms with Crippen molar-refractivity contribution in [1.29, 1.82) is 0 Å². The molecule has 5 rings (SSSR count). The van der Waals surface area contributed by atoms with E-state index < -0.39 is 5.60 Å². The number of carbonyl (C=O) groups excluding carboxylic acids is 2. The van der Waals surface area contributed by atoms with E-state index in [1.165, 1.54) is 0 Å². The highest BCUT2D eigenvalue weighted by atomic mass is 16.7. The van der Waals surface area contributed by atoms with Crippen LogP contribution in [0.25, 0.3) is 11.3 Å². The van der Waals surface area contributed by atoms with Gasteiger partial charge in [0, 0.05) is 49.4 Å². The van der Waals surface area contributed by atoms with Gasteiger partial charge in [0.15, 0.2) is 0 Å². The van der Waals surface area contributed by atoms with E-state index in [-0.39, 0.29) is 24.2 Å². The summed E-state index contributed by atoms with van der Waals surface area (Å²) in [5.41, 5.74) is 2.79. The summed E-state index contributed by atoms with van der Waals surface area (Å²) in [6, 6.07) is 9.68. The van der Waals surface area contributed by atoms with E-state index >= 15 is 0 Å². The van der Waals surface area contributed by atoms with Gasteiger partial charge in [0.1, 0.15) is 11.4 Å². The van der Waals surface area contributed by atoms with Gasteiger partial charge in [-0.05, 0) is 63.9 Å². The van der Waals surface area contributed by atoms with Crippen LogP contribution in [0.2, 0.25) is 0 Å². The molecule has 0 radical (unpaired) electrons. The number of pyridine rings is 1. The summed E-state index contributed by atoms with van der Waals surface area (Å²) in [5.74, 6) is 1.01. The Bertz CT molecular complexity index is 1120. The minimum Gasteiger partial charge on any atom is -0.464 e. The normalized spacial score (nSPS) is 20.7. The van der Waals surface area contributed by atoms with Crippen LogP contribution in [-0.4, -0.2) is 78.1 Å². The van der Waals surface area contributed by atoms with Gasteiger partial charge in [-0.25, -0.2) is 4.79 Å². The lowest BCUT2D eigenvalue weighted by Crippen LogP contribution is -2.45. The third kappa shape index (κ3) is 6.05. The van der Waals surface area contributed by atoms with Crippen molar-refractivity contribution in [3.8, 4) is 17.0 Å². The standard InChI is InChI=1S/C28H35N3O6/c1-28(2,3)37-27(33)31-10-8-19(9-11-31)26-35-18-22-16-20(5-7-24(22)36-26)23-6-4-21(17-29-23)25(32)30-12-14-34-15-13-30/h4-7,16-17,19,26H,8-15,18H2,1-3H3. The number of ether oxygens (including phenoxy) is 4. The molecule has 0 aliphatic carbocycles. The van der Waals surface area contributed by atoms with Crippen molar-refractivity contribution in [3.05, 3.63) is 47.7 Å². The van der Waals surface area contributed by atoms with Crippen LogP contribution in [0.5, 0.6) is 5.75 Å². The molecule has 1 unspecified atom stereocenters. The fourth-order valence-electron chi connectivity index (χ4n) is 4.85. The molecule has 3 aliphatic rings. The molecule has 37 heavy (non-hydrogen) atoms. The Balaban J connectivity index is 1.18. The van der Waals surface area contributed by atoms with Crippen molar-refractivity contribution < 1.29 is 28.5 Å². The molecule has 0 bridgehead atoms. The zero-order valence-electron chi connectivity index (χ0n) is 21.8. The number of likely N-dealkylation sites (tertiary alicyclic amines) is 1. The molecule has 0 N–H and O–H groups in total. The van der Waals surface area contributed by atoms with Crippen LogP contribution in [0.3, 0.4) is 0 Å². The number of hydrogen-bond donors (Lipinski definition) is 0. The minimum atomic E-state index is -0.496. The van der Waals surface area contributed by atoms with Crippen LogP contribution < -0.4 is 4.74 Å². The van der Waals surface area contributed by atoms with E-state index in [1.54, 1.807) is 16.0 Å². The highest BCUT2D eigenvalue weighted by molar-refractivity contribution is 5.94. The monoisotopic (exact) mass is 509 g/mol. The van der Waals surface area contributed by atoms with E-state index in [1.807, 2.05) is 51.1 Å². The summed E-state index contributed by atoms with van der Waals surface area (Å²) in [6.45, 7) is 9.70. The van der Waals surface area contributed by atoms with Gasteiger partial charge in [-0.15, -0.1) is 0 Å². The van der Waals surface area contributed by atoms with Gasteiger partial charge >= 0.3 is 6.09 Å². The molecule has 0 spiro atoms. The maximum Gasteiger partial charge on any atom is 0.410 e. The summed E-state index contributed by atoms with van der Waals surface area (Å²) in [4.78, 5) is 33.1. The van der Waals surface area contributed by atoms with Gasteiger partial charge in [0.2, 0.25) is 6.29 Å². The molecule has 198 valence electrons. The molecule has 1 aromatic carbocycles. The number of benzene rings is 1. The average molecular weight is 510 g/mol. The molecule has 2 fully saturated rings. The Hall–Kier alpha value is -3.17. The summed E-state index contributed by atoms with van der Waals surface area (Å²) in [5, 5.41) is 0. The van der Waals surface area contributed by atoms with Gasteiger partial charge in [-0.2, -0.15) is 0 Å². The van der Waals surface area contributed by atoms with Crippen LogP contribution >= 0.6 is 0 Å². The number of fused-ring (bicyclic) bond motifs is 1. The lowest BCUT2D eigenvalue weighted by atomic mass is 9.95. The highest BCUT2D eigenvalue weighted by Crippen LogP contribution is 2.35. The van der Waals surface area contributed by atoms with Crippen LogP contribution in [-0.2, 0) is 20.8 Å². The lowest BCUT2D eigenvalue weighted by Gasteiger charge is -2.38. The van der Waals surface area contributed by atoms with Gasteiger partial charge in [0.05, 0.1) is 31.1 Å². The molecule has 2 aromatic rings. The number of morpholine rings is 1. The van der Waals surface area contributed by atoms with Crippen molar-refractivity contribution >= 4 is 12.0 Å². The largest absolute Gasteiger partial charge is 0.464 e. The zero-order chi connectivity index (χ0) is 26.0. The van der Waals surface area contributed by atoms with Crippen LogP contribution in [0.15, 0.2) is 36.5 Å². The molecule has 9 nitrogen and oxygen atoms in total. The fourth-order valence-corrected chi connectivity index (χ4v) is 4.85. The second-order valence-electron chi connectivity index (χ2n) is 10.8. The van der Waals surface area contributed by atoms with E-state index in [0.717, 1.165) is 35.4 Å². The van der Waals surface area contributed by atoms with Crippen molar-refractivity contribution in [2.24, 2.45) is 5.92 Å². The third-order valence-electron chi connectivity index (χ3n) is 6.89. The predicted molar refractivity (Wildman–Crippen MR) is 136 cm³/mol. The Morgan fingerprint density at radius 3 is 2.43 bits per heavy atom. The molecular formula is C28H35N3O6. The first-order valence-corrected chi connectivity index (χ1v) is 13.0. The zero-order valence-corrected chi connectivity index (χ0v) is 21.8. The van der Waals surface area contributed by atoms with E-state index in [9.17, 15) is 9.59 Å². The van der Waals surface area contributed by atoms with Gasteiger partial charge in [0.25, 0.3) is 5.91 Å². The van der Waals surface area contributed by atoms with Crippen molar-refractivity contribution in [3.63, 3.8) is 0 Å². The second-order valence-corrected chi connectivity index (χ2v) is 10.8. The van der Waals surface area contributed by atoms with Crippen molar-refractivity contribution in [2.75, 3.05) is 39.4 Å². The van der Waals surface area contributed by atoms with Gasteiger partial charge in [-0.1, -0.05) is 0 Å². The summed E-state index contributed by atoms with van der Waals surface area (Å²) < 4.78 is 23.1. The first kappa shape index (κ1) is 25.5. The number of nitrogens with zero attached hydrogens (tertiary/aromatic N) is 3. The molecule has 3 aliphatic heterocycles. The number of aromatic nitrogens is 1. The maximum atomic E-state index is 12.7. The first-order valence-electron chi connectivity index (χ1n) is 13.0. The van der Waals surface area contributed by atoms with Crippen molar-refractivity contribution in [1.82, 2.24) is 14.8 Å². The Morgan fingerprint density at radius 1 is 1.00 bits per heavy atom. The Kier molecular flexibility index (Phi) is 7.35. The predicted octanol–water partition coefficient (Wildman–Crippen LogP) is 4.10. The highest BCUT2D eigenvalue weighted by Gasteiger charge is 2.34. The lowest BCUT2D eigenvalue weighted by molar-refractivity contribution is -0.149. The molecular weight excluding hydrogens is 474 g/mol. The molecule has 2 saturated heterocycles. The third-order valence-corrected chi connectivity index (χ3v) is 6.89. The maximum absolute atomic E-state index is 12.7. The van der Waals surface area contributed by atoms with E-state index in [0.29, 0.717) is 51.6 Å². The molecule has 9 heteroatoms. The van der Waals surface area contributed by atoms with Crippen LogP contribution in [0.4, 0.5) is 4.79 Å². The van der Waals surface area contributed by atoms with E-state index in [4.69, 9.17) is 18.9 Å². The van der Waals surface area contributed by atoms with Crippen LogP contribution in [0.1, 0.15) is 49.5 Å². The molecule has 1 aromatic heterocycles. The first-order chi connectivity index (χ1) is 17.8. The van der Waals surface area contributed by atoms with Gasteiger partial charge < -0.3 is 28.7 Å². The molecule has 1 atom stereocenters.